The second-order valence-corrected chi connectivity index (χ2v) is 5.80. The van der Waals surface area contributed by atoms with Crippen molar-refractivity contribution in [3.05, 3.63) is 77.5 Å². The summed E-state index contributed by atoms with van der Waals surface area (Å²) in [5, 5.41) is 8.68. The highest BCUT2D eigenvalue weighted by molar-refractivity contribution is 5.93. The molecular weight excluding hydrogens is 326 g/mol. The van der Waals surface area contributed by atoms with Gasteiger partial charge >= 0.3 is 0 Å². The van der Waals surface area contributed by atoms with Gasteiger partial charge in [0.25, 0.3) is 5.56 Å². The maximum Gasteiger partial charge on any atom is 0.290 e. The topological polar surface area (TPSA) is 72.7 Å². The largest absolute Gasteiger partial charge is 0.350 e. The molecular formula is C20H17N5O. The van der Waals surface area contributed by atoms with Crippen LogP contribution in [0.2, 0.25) is 0 Å². The summed E-state index contributed by atoms with van der Waals surface area (Å²) in [5.41, 5.74) is 3.65. The van der Waals surface area contributed by atoms with Gasteiger partial charge in [-0.2, -0.15) is 5.10 Å². The molecule has 0 amide bonds. The molecule has 1 aromatic carbocycles. The number of aryl methyl sites for hydroxylation is 1. The number of aromatic nitrogens is 4. The van der Waals surface area contributed by atoms with Gasteiger partial charge < -0.3 is 5.32 Å². The lowest BCUT2D eigenvalue weighted by atomic mass is 10.1. The van der Waals surface area contributed by atoms with Crippen molar-refractivity contribution < 1.29 is 0 Å². The zero-order valence-corrected chi connectivity index (χ0v) is 14.3. The zero-order chi connectivity index (χ0) is 17.9. The van der Waals surface area contributed by atoms with E-state index in [-0.39, 0.29) is 5.56 Å². The van der Waals surface area contributed by atoms with Gasteiger partial charge in [-0.1, -0.05) is 6.07 Å². The predicted octanol–water partition coefficient (Wildman–Crippen LogP) is 3.62. The monoisotopic (exact) mass is 343 g/mol. The van der Waals surface area contributed by atoms with E-state index < -0.39 is 0 Å². The smallest absolute Gasteiger partial charge is 0.290 e. The number of fused-ring (bicyclic) bond motifs is 1. The van der Waals surface area contributed by atoms with E-state index in [2.05, 4.69) is 20.4 Å². The molecule has 1 N–H and O–H groups in total. The van der Waals surface area contributed by atoms with Gasteiger partial charge in [0.05, 0.1) is 11.2 Å². The van der Waals surface area contributed by atoms with Crippen LogP contribution < -0.4 is 10.9 Å². The third-order valence-corrected chi connectivity index (χ3v) is 4.16. The van der Waals surface area contributed by atoms with Crippen molar-refractivity contribution in [1.29, 1.82) is 0 Å². The maximum absolute atomic E-state index is 12.7. The van der Waals surface area contributed by atoms with Gasteiger partial charge in [0, 0.05) is 41.8 Å². The van der Waals surface area contributed by atoms with Crippen LogP contribution in [0.4, 0.5) is 11.4 Å². The molecule has 0 fully saturated rings. The van der Waals surface area contributed by atoms with Gasteiger partial charge in [0.15, 0.2) is 0 Å². The van der Waals surface area contributed by atoms with Crippen LogP contribution >= 0.6 is 0 Å². The minimum Gasteiger partial charge on any atom is -0.350 e. The van der Waals surface area contributed by atoms with E-state index in [1.165, 1.54) is 4.68 Å². The summed E-state index contributed by atoms with van der Waals surface area (Å²) < 4.78 is 1.46. The molecule has 0 spiro atoms. The summed E-state index contributed by atoms with van der Waals surface area (Å²) in [5.74, 6) is 0. The van der Waals surface area contributed by atoms with Crippen LogP contribution in [0.1, 0.15) is 6.92 Å². The second-order valence-electron chi connectivity index (χ2n) is 5.80. The van der Waals surface area contributed by atoms with Crippen LogP contribution in [0.5, 0.6) is 0 Å². The lowest BCUT2D eigenvalue weighted by molar-refractivity contribution is 0.621. The van der Waals surface area contributed by atoms with E-state index in [0.717, 1.165) is 27.8 Å². The highest BCUT2D eigenvalue weighted by atomic mass is 16.1. The first-order valence-corrected chi connectivity index (χ1v) is 8.39. The Bertz CT molecular complexity index is 1120. The number of hydrogen-bond acceptors (Lipinski definition) is 5. The molecule has 3 heterocycles. The molecule has 0 aliphatic carbocycles. The van der Waals surface area contributed by atoms with Crippen molar-refractivity contribution in [2.45, 2.75) is 13.5 Å². The molecule has 0 aliphatic heterocycles. The summed E-state index contributed by atoms with van der Waals surface area (Å²) in [6.07, 6.45) is 5.17. The molecule has 4 aromatic rings. The van der Waals surface area contributed by atoms with E-state index in [1.54, 1.807) is 24.7 Å². The molecule has 3 aromatic heterocycles. The summed E-state index contributed by atoms with van der Waals surface area (Å²) in [6.45, 7) is 2.39. The lowest BCUT2D eigenvalue weighted by Crippen LogP contribution is -2.24. The SMILES string of the molecule is CCn1nc(-c2ccncc2)cc(Nc2cccc3ncccc23)c1=O. The fourth-order valence-corrected chi connectivity index (χ4v) is 2.87. The molecule has 0 atom stereocenters. The third-order valence-electron chi connectivity index (χ3n) is 4.16. The Morgan fingerprint density at radius 1 is 1.00 bits per heavy atom. The molecule has 0 saturated heterocycles. The molecule has 0 unspecified atom stereocenters. The molecule has 0 aliphatic rings. The normalized spacial score (nSPS) is 10.8. The van der Waals surface area contributed by atoms with E-state index in [4.69, 9.17) is 0 Å². The molecule has 6 heteroatoms. The Labute approximate surface area is 150 Å². The van der Waals surface area contributed by atoms with Gasteiger partial charge in [0.2, 0.25) is 0 Å². The fraction of sp³-hybridized carbons (Fsp3) is 0.100. The number of pyridine rings is 2. The Hall–Kier alpha value is -3.54. The van der Waals surface area contributed by atoms with Gasteiger partial charge in [-0.3, -0.25) is 14.8 Å². The Morgan fingerprint density at radius 3 is 2.65 bits per heavy atom. The van der Waals surface area contributed by atoms with Gasteiger partial charge in [-0.25, -0.2) is 4.68 Å². The summed E-state index contributed by atoms with van der Waals surface area (Å²) in [4.78, 5) is 21.1. The van der Waals surface area contributed by atoms with Crippen LogP contribution in [-0.2, 0) is 6.54 Å². The minimum absolute atomic E-state index is 0.161. The summed E-state index contributed by atoms with van der Waals surface area (Å²) in [6, 6.07) is 15.2. The molecule has 4 rings (SSSR count). The van der Waals surface area contributed by atoms with Gasteiger partial charge in [-0.15, -0.1) is 0 Å². The molecule has 26 heavy (non-hydrogen) atoms. The number of hydrogen-bond donors (Lipinski definition) is 1. The van der Waals surface area contributed by atoms with Crippen LogP contribution in [0.15, 0.2) is 71.9 Å². The first kappa shape index (κ1) is 16.0. The van der Waals surface area contributed by atoms with Crippen molar-refractivity contribution >= 4 is 22.3 Å². The standard InChI is InChI=1S/C20H17N5O/c1-2-25-20(26)19(13-18(24-25)14-8-11-21-12-9-14)23-17-7-3-6-16-15(17)5-4-10-22-16/h3-13,23H,2H2,1H3. The van der Waals surface area contributed by atoms with Crippen molar-refractivity contribution in [2.75, 3.05) is 5.32 Å². The van der Waals surface area contributed by atoms with Crippen LogP contribution in [0.25, 0.3) is 22.2 Å². The quantitative estimate of drug-likeness (QED) is 0.613. The average molecular weight is 343 g/mol. The first-order valence-electron chi connectivity index (χ1n) is 8.39. The average Bonchev–Trinajstić information content (AvgIpc) is 2.70. The highest BCUT2D eigenvalue weighted by Crippen LogP contribution is 2.25. The van der Waals surface area contributed by atoms with Crippen molar-refractivity contribution in [3.8, 4) is 11.3 Å². The predicted molar refractivity (Wildman–Crippen MR) is 102 cm³/mol. The zero-order valence-electron chi connectivity index (χ0n) is 14.3. The van der Waals surface area contributed by atoms with E-state index in [0.29, 0.717) is 12.2 Å². The Morgan fingerprint density at radius 2 is 1.85 bits per heavy atom. The number of nitrogens with one attached hydrogen (secondary N) is 1. The second kappa shape index (κ2) is 6.76. The minimum atomic E-state index is -0.161. The highest BCUT2D eigenvalue weighted by Gasteiger charge is 2.11. The Kier molecular flexibility index (Phi) is 4.15. The van der Waals surface area contributed by atoms with Crippen molar-refractivity contribution in [3.63, 3.8) is 0 Å². The first-order chi connectivity index (χ1) is 12.8. The molecule has 0 bridgehead atoms. The van der Waals surface area contributed by atoms with Crippen molar-refractivity contribution in [1.82, 2.24) is 19.7 Å². The summed E-state index contributed by atoms with van der Waals surface area (Å²) >= 11 is 0. The summed E-state index contributed by atoms with van der Waals surface area (Å²) in [7, 11) is 0. The molecule has 128 valence electrons. The van der Waals surface area contributed by atoms with E-state index in [1.807, 2.05) is 49.4 Å². The van der Waals surface area contributed by atoms with E-state index >= 15 is 0 Å². The third kappa shape index (κ3) is 2.93. The number of nitrogens with zero attached hydrogens (tertiary/aromatic N) is 4. The van der Waals surface area contributed by atoms with Gasteiger partial charge in [0.1, 0.15) is 5.69 Å². The lowest BCUT2D eigenvalue weighted by Gasteiger charge is -2.12. The number of anilines is 2. The van der Waals surface area contributed by atoms with Crippen LogP contribution in [0.3, 0.4) is 0 Å². The molecule has 6 nitrogen and oxygen atoms in total. The van der Waals surface area contributed by atoms with Crippen molar-refractivity contribution in [2.24, 2.45) is 0 Å². The number of benzene rings is 1. The van der Waals surface area contributed by atoms with Crippen LogP contribution in [-0.4, -0.2) is 19.7 Å². The molecule has 0 saturated carbocycles. The van der Waals surface area contributed by atoms with E-state index in [9.17, 15) is 4.79 Å². The number of rotatable bonds is 4. The fourth-order valence-electron chi connectivity index (χ4n) is 2.87. The van der Waals surface area contributed by atoms with Crippen LogP contribution in [0, 0.1) is 0 Å². The van der Waals surface area contributed by atoms with Gasteiger partial charge in [-0.05, 0) is 49.4 Å². The Balaban J connectivity index is 1.84. The molecule has 0 radical (unpaired) electrons. The maximum atomic E-state index is 12.7.